The standard InChI is InChI=1S/C13H15NO/c1-10-5-7-12(8-6-10)15-13-4-2-3-11(13)9-14/h5-8,11,13H,2-4H2,1H3. The molecule has 78 valence electrons. The van der Waals surface area contributed by atoms with Crippen LogP contribution in [0, 0.1) is 24.2 Å². The molecule has 0 aliphatic heterocycles. The average molecular weight is 201 g/mol. The first-order chi connectivity index (χ1) is 7.29. The largest absolute Gasteiger partial charge is 0.489 e. The summed E-state index contributed by atoms with van der Waals surface area (Å²) in [5.41, 5.74) is 1.23. The van der Waals surface area contributed by atoms with E-state index in [9.17, 15) is 0 Å². The summed E-state index contributed by atoms with van der Waals surface area (Å²) in [6.07, 6.45) is 3.19. The summed E-state index contributed by atoms with van der Waals surface area (Å²) in [6, 6.07) is 10.3. The van der Waals surface area contributed by atoms with Crippen LogP contribution in [0.25, 0.3) is 0 Å². The molecule has 0 radical (unpaired) electrons. The fraction of sp³-hybridized carbons (Fsp3) is 0.462. The van der Waals surface area contributed by atoms with Crippen LogP contribution in [0.5, 0.6) is 5.75 Å². The van der Waals surface area contributed by atoms with E-state index in [0.717, 1.165) is 25.0 Å². The maximum absolute atomic E-state index is 8.93. The van der Waals surface area contributed by atoms with E-state index in [1.165, 1.54) is 5.56 Å². The third-order valence-corrected chi connectivity index (χ3v) is 2.93. The van der Waals surface area contributed by atoms with Gasteiger partial charge in [-0.3, -0.25) is 0 Å². The van der Waals surface area contributed by atoms with Gasteiger partial charge >= 0.3 is 0 Å². The predicted molar refractivity (Wildman–Crippen MR) is 58.5 cm³/mol. The zero-order valence-electron chi connectivity index (χ0n) is 8.94. The third-order valence-electron chi connectivity index (χ3n) is 2.93. The van der Waals surface area contributed by atoms with Crippen LogP contribution in [0.2, 0.25) is 0 Å². The van der Waals surface area contributed by atoms with E-state index in [2.05, 4.69) is 13.0 Å². The molecule has 0 bridgehead atoms. The summed E-state index contributed by atoms with van der Waals surface area (Å²) in [6.45, 7) is 2.05. The molecule has 1 aromatic carbocycles. The molecule has 15 heavy (non-hydrogen) atoms. The van der Waals surface area contributed by atoms with Crippen molar-refractivity contribution in [2.75, 3.05) is 0 Å². The molecule has 0 amide bonds. The molecule has 0 spiro atoms. The second kappa shape index (κ2) is 4.35. The van der Waals surface area contributed by atoms with Gasteiger partial charge in [-0.15, -0.1) is 0 Å². The minimum absolute atomic E-state index is 0.0753. The van der Waals surface area contributed by atoms with Gasteiger partial charge in [0.2, 0.25) is 0 Å². The summed E-state index contributed by atoms with van der Waals surface area (Å²) in [5, 5.41) is 8.93. The monoisotopic (exact) mass is 201 g/mol. The number of aryl methyl sites for hydroxylation is 1. The number of benzene rings is 1. The molecule has 2 rings (SSSR count). The summed E-state index contributed by atoms with van der Waals surface area (Å²) >= 11 is 0. The van der Waals surface area contributed by atoms with E-state index < -0.39 is 0 Å². The normalized spacial score (nSPS) is 24.8. The Labute approximate surface area is 90.5 Å². The molecular weight excluding hydrogens is 186 g/mol. The zero-order chi connectivity index (χ0) is 10.7. The van der Waals surface area contributed by atoms with Gasteiger partial charge in [-0.05, 0) is 38.3 Å². The highest BCUT2D eigenvalue weighted by Gasteiger charge is 2.28. The quantitative estimate of drug-likeness (QED) is 0.736. The Hall–Kier alpha value is -1.49. The summed E-state index contributed by atoms with van der Waals surface area (Å²) < 4.78 is 5.81. The third kappa shape index (κ3) is 2.30. The molecule has 2 unspecified atom stereocenters. The minimum atomic E-state index is 0.0753. The van der Waals surface area contributed by atoms with Crippen LogP contribution in [-0.4, -0.2) is 6.10 Å². The van der Waals surface area contributed by atoms with E-state index in [1.54, 1.807) is 0 Å². The van der Waals surface area contributed by atoms with Crippen molar-refractivity contribution in [1.29, 1.82) is 5.26 Å². The van der Waals surface area contributed by atoms with E-state index in [0.29, 0.717) is 0 Å². The van der Waals surface area contributed by atoms with E-state index >= 15 is 0 Å². The molecule has 1 aliphatic rings. The lowest BCUT2D eigenvalue weighted by atomic mass is 10.1. The highest BCUT2D eigenvalue weighted by Crippen LogP contribution is 2.29. The van der Waals surface area contributed by atoms with E-state index in [4.69, 9.17) is 10.00 Å². The second-order valence-electron chi connectivity index (χ2n) is 4.14. The van der Waals surface area contributed by atoms with Gasteiger partial charge in [0.25, 0.3) is 0 Å². The van der Waals surface area contributed by atoms with Gasteiger partial charge < -0.3 is 4.74 Å². The first-order valence-electron chi connectivity index (χ1n) is 5.42. The maximum atomic E-state index is 8.93. The molecule has 1 saturated carbocycles. The van der Waals surface area contributed by atoms with E-state index in [-0.39, 0.29) is 12.0 Å². The molecule has 0 heterocycles. The van der Waals surface area contributed by atoms with Gasteiger partial charge in [0.15, 0.2) is 0 Å². The Kier molecular flexibility index (Phi) is 2.91. The maximum Gasteiger partial charge on any atom is 0.119 e. The Balaban J connectivity index is 2.03. The van der Waals surface area contributed by atoms with Crippen LogP contribution in [0.15, 0.2) is 24.3 Å². The molecule has 0 aromatic heterocycles. The molecule has 0 N–H and O–H groups in total. The zero-order valence-corrected chi connectivity index (χ0v) is 8.94. The second-order valence-corrected chi connectivity index (χ2v) is 4.14. The molecular formula is C13H15NO. The smallest absolute Gasteiger partial charge is 0.119 e. The first kappa shape index (κ1) is 10.0. The van der Waals surface area contributed by atoms with Gasteiger partial charge in [0.1, 0.15) is 11.9 Å². The molecule has 2 nitrogen and oxygen atoms in total. The lowest BCUT2D eigenvalue weighted by molar-refractivity contribution is 0.182. The van der Waals surface area contributed by atoms with Gasteiger partial charge in [0, 0.05) is 0 Å². The highest BCUT2D eigenvalue weighted by molar-refractivity contribution is 5.26. The minimum Gasteiger partial charge on any atom is -0.489 e. The summed E-state index contributed by atoms with van der Waals surface area (Å²) in [4.78, 5) is 0. The Bertz CT molecular complexity index is 363. The van der Waals surface area contributed by atoms with Crippen molar-refractivity contribution >= 4 is 0 Å². The van der Waals surface area contributed by atoms with Crippen LogP contribution >= 0.6 is 0 Å². The van der Waals surface area contributed by atoms with Crippen LogP contribution in [-0.2, 0) is 0 Å². The molecule has 1 aliphatic carbocycles. The fourth-order valence-electron chi connectivity index (χ4n) is 2.01. The van der Waals surface area contributed by atoms with Crippen LogP contribution in [0.1, 0.15) is 24.8 Å². The molecule has 2 atom stereocenters. The number of ether oxygens (including phenoxy) is 1. The summed E-state index contributed by atoms with van der Waals surface area (Å²) in [7, 11) is 0. The predicted octanol–water partition coefficient (Wildman–Crippen LogP) is 3.07. The van der Waals surface area contributed by atoms with Crippen molar-refractivity contribution in [3.05, 3.63) is 29.8 Å². The van der Waals surface area contributed by atoms with Crippen molar-refractivity contribution in [2.45, 2.75) is 32.3 Å². The van der Waals surface area contributed by atoms with Crippen molar-refractivity contribution in [1.82, 2.24) is 0 Å². The Morgan fingerprint density at radius 3 is 2.67 bits per heavy atom. The van der Waals surface area contributed by atoms with Gasteiger partial charge in [0.05, 0.1) is 12.0 Å². The number of rotatable bonds is 2. The molecule has 0 saturated heterocycles. The van der Waals surface area contributed by atoms with Crippen molar-refractivity contribution < 1.29 is 4.74 Å². The first-order valence-corrected chi connectivity index (χ1v) is 5.42. The van der Waals surface area contributed by atoms with Gasteiger partial charge in [-0.1, -0.05) is 17.7 Å². The number of nitriles is 1. The fourth-order valence-corrected chi connectivity index (χ4v) is 2.01. The van der Waals surface area contributed by atoms with Gasteiger partial charge in [-0.2, -0.15) is 5.26 Å². The number of nitrogens with zero attached hydrogens (tertiary/aromatic N) is 1. The Morgan fingerprint density at radius 2 is 2.00 bits per heavy atom. The van der Waals surface area contributed by atoms with Crippen molar-refractivity contribution in [3.63, 3.8) is 0 Å². The lowest BCUT2D eigenvalue weighted by Crippen LogP contribution is -2.19. The molecule has 1 aromatic rings. The van der Waals surface area contributed by atoms with Crippen LogP contribution in [0.4, 0.5) is 0 Å². The van der Waals surface area contributed by atoms with Crippen LogP contribution in [0.3, 0.4) is 0 Å². The highest BCUT2D eigenvalue weighted by atomic mass is 16.5. The van der Waals surface area contributed by atoms with E-state index in [1.807, 2.05) is 24.3 Å². The van der Waals surface area contributed by atoms with Gasteiger partial charge in [-0.25, -0.2) is 0 Å². The topological polar surface area (TPSA) is 33.0 Å². The van der Waals surface area contributed by atoms with Crippen molar-refractivity contribution in [2.24, 2.45) is 5.92 Å². The lowest BCUT2D eigenvalue weighted by Gasteiger charge is -2.16. The average Bonchev–Trinajstić information content (AvgIpc) is 2.69. The SMILES string of the molecule is Cc1ccc(OC2CCCC2C#N)cc1. The number of hydrogen-bond donors (Lipinski definition) is 0. The number of hydrogen-bond acceptors (Lipinski definition) is 2. The Morgan fingerprint density at radius 1 is 1.27 bits per heavy atom. The molecule has 1 fully saturated rings. The van der Waals surface area contributed by atoms with Crippen LogP contribution < -0.4 is 4.74 Å². The molecule has 2 heteroatoms. The summed E-state index contributed by atoms with van der Waals surface area (Å²) in [5.74, 6) is 0.957. The van der Waals surface area contributed by atoms with Crippen molar-refractivity contribution in [3.8, 4) is 11.8 Å².